The SMILES string of the molecule is CC=C(Cl)C(C)=NC. The number of hydrogen-bond acceptors (Lipinski definition) is 1. The molecule has 0 spiro atoms. The second-order valence-corrected chi connectivity index (χ2v) is 1.85. The van der Waals surface area contributed by atoms with Crippen molar-refractivity contribution in [3.63, 3.8) is 0 Å². The van der Waals surface area contributed by atoms with Crippen LogP contribution in [0.1, 0.15) is 13.8 Å². The Kier molecular flexibility index (Phi) is 3.53. The van der Waals surface area contributed by atoms with Gasteiger partial charge in [-0.2, -0.15) is 0 Å². The minimum atomic E-state index is 0.729. The Bertz CT molecular complexity index is 108. The molecule has 0 amide bonds. The zero-order valence-electron chi connectivity index (χ0n) is 5.40. The molecular weight excluding hydrogens is 122 g/mol. The van der Waals surface area contributed by atoms with Crippen molar-refractivity contribution in [2.75, 3.05) is 7.05 Å². The van der Waals surface area contributed by atoms with E-state index in [4.69, 9.17) is 11.6 Å². The highest BCUT2D eigenvalue weighted by Gasteiger charge is 1.90. The van der Waals surface area contributed by atoms with E-state index in [0.717, 1.165) is 10.7 Å². The van der Waals surface area contributed by atoms with Crippen molar-refractivity contribution >= 4 is 17.3 Å². The average molecular weight is 132 g/mol. The summed E-state index contributed by atoms with van der Waals surface area (Å²) in [6.45, 7) is 3.76. The zero-order valence-corrected chi connectivity index (χ0v) is 6.16. The van der Waals surface area contributed by atoms with E-state index in [2.05, 4.69) is 4.99 Å². The topological polar surface area (TPSA) is 12.4 Å². The van der Waals surface area contributed by atoms with Gasteiger partial charge in [0.15, 0.2) is 0 Å². The summed E-state index contributed by atoms with van der Waals surface area (Å²) >= 11 is 5.65. The lowest BCUT2D eigenvalue weighted by atomic mass is 10.4. The van der Waals surface area contributed by atoms with E-state index in [9.17, 15) is 0 Å². The van der Waals surface area contributed by atoms with Gasteiger partial charge in [-0.1, -0.05) is 17.7 Å². The van der Waals surface area contributed by atoms with Crippen LogP contribution in [0.3, 0.4) is 0 Å². The lowest BCUT2D eigenvalue weighted by molar-refractivity contribution is 1.42. The summed E-state index contributed by atoms with van der Waals surface area (Å²) < 4.78 is 0. The fourth-order valence-electron chi connectivity index (χ4n) is 0.316. The lowest BCUT2D eigenvalue weighted by Crippen LogP contribution is -1.87. The van der Waals surface area contributed by atoms with Gasteiger partial charge >= 0.3 is 0 Å². The summed E-state index contributed by atoms with van der Waals surface area (Å²) in [6.07, 6.45) is 1.82. The predicted octanol–water partition coefficient (Wildman–Crippen LogP) is 2.22. The van der Waals surface area contributed by atoms with Gasteiger partial charge in [-0.15, -0.1) is 0 Å². The summed E-state index contributed by atoms with van der Waals surface area (Å²) in [5, 5.41) is 0.729. The monoisotopic (exact) mass is 131 g/mol. The Balaban J connectivity index is 4.04. The first kappa shape index (κ1) is 7.70. The second-order valence-electron chi connectivity index (χ2n) is 1.45. The van der Waals surface area contributed by atoms with E-state index < -0.39 is 0 Å². The van der Waals surface area contributed by atoms with Crippen molar-refractivity contribution in [1.82, 2.24) is 0 Å². The first-order chi connectivity index (χ1) is 3.72. The molecule has 0 heterocycles. The van der Waals surface area contributed by atoms with Gasteiger partial charge in [0, 0.05) is 12.8 Å². The molecule has 0 saturated carbocycles. The van der Waals surface area contributed by atoms with Gasteiger partial charge in [0.2, 0.25) is 0 Å². The molecule has 0 unspecified atom stereocenters. The molecular formula is C6H10ClN. The predicted molar refractivity (Wildman–Crippen MR) is 38.6 cm³/mol. The standard InChI is InChI=1S/C6H10ClN/c1-4-6(7)5(2)8-3/h4H,1-3H3. The molecule has 46 valence electrons. The van der Waals surface area contributed by atoms with Gasteiger partial charge in [0.25, 0.3) is 0 Å². The van der Waals surface area contributed by atoms with E-state index in [0.29, 0.717) is 0 Å². The number of hydrogen-bond donors (Lipinski definition) is 0. The number of nitrogens with zero attached hydrogens (tertiary/aromatic N) is 1. The third-order valence-corrected chi connectivity index (χ3v) is 1.43. The van der Waals surface area contributed by atoms with Crippen LogP contribution in [0.25, 0.3) is 0 Å². The van der Waals surface area contributed by atoms with Crippen LogP contribution in [-0.4, -0.2) is 12.8 Å². The quantitative estimate of drug-likeness (QED) is 0.484. The summed E-state index contributed by atoms with van der Waals surface area (Å²) in [6, 6.07) is 0. The summed E-state index contributed by atoms with van der Waals surface area (Å²) in [7, 11) is 1.72. The smallest absolute Gasteiger partial charge is 0.0570 e. The zero-order chi connectivity index (χ0) is 6.57. The maximum Gasteiger partial charge on any atom is 0.0570 e. The first-order valence-corrected chi connectivity index (χ1v) is 2.85. The fraction of sp³-hybridized carbons (Fsp3) is 0.500. The van der Waals surface area contributed by atoms with Crippen LogP contribution in [0.4, 0.5) is 0 Å². The molecule has 0 aliphatic rings. The molecule has 0 aliphatic heterocycles. The molecule has 0 aromatic heterocycles. The summed E-state index contributed by atoms with van der Waals surface area (Å²) in [5.74, 6) is 0. The molecule has 1 nitrogen and oxygen atoms in total. The number of rotatable bonds is 1. The molecule has 0 radical (unpaired) electrons. The van der Waals surface area contributed by atoms with E-state index in [-0.39, 0.29) is 0 Å². The lowest BCUT2D eigenvalue weighted by Gasteiger charge is -1.91. The molecule has 0 fully saturated rings. The Morgan fingerprint density at radius 1 is 1.62 bits per heavy atom. The van der Waals surface area contributed by atoms with E-state index >= 15 is 0 Å². The minimum absolute atomic E-state index is 0.729. The maximum atomic E-state index is 5.65. The van der Waals surface area contributed by atoms with Gasteiger partial charge in [-0.25, -0.2) is 0 Å². The second kappa shape index (κ2) is 3.67. The van der Waals surface area contributed by atoms with Gasteiger partial charge in [0.05, 0.1) is 5.03 Å². The highest BCUT2D eigenvalue weighted by atomic mass is 35.5. The number of halogens is 1. The van der Waals surface area contributed by atoms with Crippen LogP contribution in [0, 0.1) is 0 Å². The Hall–Kier alpha value is -0.300. The normalized spacial score (nSPS) is 14.5. The Morgan fingerprint density at radius 2 is 2.12 bits per heavy atom. The van der Waals surface area contributed by atoms with Crippen molar-refractivity contribution in [2.24, 2.45) is 4.99 Å². The minimum Gasteiger partial charge on any atom is -0.292 e. The molecule has 2 heteroatoms. The molecule has 0 bridgehead atoms. The van der Waals surface area contributed by atoms with Gasteiger partial charge in [0.1, 0.15) is 0 Å². The molecule has 0 saturated heterocycles. The molecule has 0 atom stereocenters. The highest BCUT2D eigenvalue weighted by molar-refractivity contribution is 6.43. The van der Waals surface area contributed by atoms with Crippen LogP contribution in [0.2, 0.25) is 0 Å². The van der Waals surface area contributed by atoms with Crippen molar-refractivity contribution < 1.29 is 0 Å². The van der Waals surface area contributed by atoms with Crippen molar-refractivity contribution in [3.8, 4) is 0 Å². The fourth-order valence-corrected chi connectivity index (χ4v) is 0.400. The van der Waals surface area contributed by atoms with E-state index in [1.807, 2.05) is 19.9 Å². The summed E-state index contributed by atoms with van der Waals surface area (Å²) in [5.41, 5.74) is 0.883. The van der Waals surface area contributed by atoms with Crippen LogP contribution in [-0.2, 0) is 0 Å². The Labute approximate surface area is 55.1 Å². The van der Waals surface area contributed by atoms with Gasteiger partial charge < -0.3 is 0 Å². The van der Waals surface area contributed by atoms with Crippen molar-refractivity contribution in [3.05, 3.63) is 11.1 Å². The molecule has 0 aromatic carbocycles. The molecule has 0 aliphatic carbocycles. The molecule has 0 N–H and O–H groups in total. The molecule has 8 heavy (non-hydrogen) atoms. The van der Waals surface area contributed by atoms with Crippen LogP contribution < -0.4 is 0 Å². The van der Waals surface area contributed by atoms with Gasteiger partial charge in [-0.3, -0.25) is 4.99 Å². The number of aliphatic imine (C=N–C) groups is 1. The third kappa shape index (κ3) is 2.12. The van der Waals surface area contributed by atoms with Crippen LogP contribution in [0.15, 0.2) is 16.1 Å². The van der Waals surface area contributed by atoms with Gasteiger partial charge in [-0.05, 0) is 13.8 Å². The Morgan fingerprint density at radius 3 is 2.25 bits per heavy atom. The number of allylic oxidation sites excluding steroid dienone is 2. The van der Waals surface area contributed by atoms with Crippen LogP contribution in [0.5, 0.6) is 0 Å². The largest absolute Gasteiger partial charge is 0.292 e. The average Bonchev–Trinajstić information content (AvgIpc) is 1.84. The van der Waals surface area contributed by atoms with Crippen molar-refractivity contribution in [2.45, 2.75) is 13.8 Å². The maximum absolute atomic E-state index is 5.65. The molecule has 0 rings (SSSR count). The van der Waals surface area contributed by atoms with E-state index in [1.54, 1.807) is 7.05 Å². The first-order valence-electron chi connectivity index (χ1n) is 2.48. The molecule has 0 aromatic rings. The highest BCUT2D eigenvalue weighted by Crippen LogP contribution is 2.01. The van der Waals surface area contributed by atoms with E-state index in [1.165, 1.54) is 0 Å². The van der Waals surface area contributed by atoms with Crippen LogP contribution >= 0.6 is 11.6 Å². The van der Waals surface area contributed by atoms with Crippen molar-refractivity contribution in [1.29, 1.82) is 0 Å². The third-order valence-electron chi connectivity index (χ3n) is 0.934. The summed E-state index contributed by atoms with van der Waals surface area (Å²) in [4.78, 5) is 3.88.